The molecule has 0 saturated carbocycles. The predicted octanol–water partition coefficient (Wildman–Crippen LogP) is 2.66. The highest BCUT2D eigenvalue weighted by Crippen LogP contribution is 2.25. The molecule has 4 nitrogen and oxygen atoms in total. The number of aromatic nitrogens is 3. The number of hydrogen-bond acceptors (Lipinski definition) is 4. The van der Waals surface area contributed by atoms with Crippen LogP contribution in [0.5, 0.6) is 0 Å². The van der Waals surface area contributed by atoms with Crippen molar-refractivity contribution in [3.63, 3.8) is 0 Å². The summed E-state index contributed by atoms with van der Waals surface area (Å²) in [6.45, 7) is 7.26. The zero-order valence-electron chi connectivity index (χ0n) is 9.77. The van der Waals surface area contributed by atoms with Crippen LogP contribution in [0.3, 0.4) is 0 Å². The molecule has 1 N–H and O–H groups in total. The molecule has 2 rings (SSSR count). The Morgan fingerprint density at radius 2 is 2.31 bits per heavy atom. The van der Waals surface area contributed by atoms with Crippen LogP contribution in [0.1, 0.15) is 20.8 Å². The van der Waals surface area contributed by atoms with Crippen LogP contribution in [0.15, 0.2) is 23.6 Å². The quantitative estimate of drug-likeness (QED) is 0.829. The van der Waals surface area contributed by atoms with Gasteiger partial charge in [0.1, 0.15) is 10.8 Å². The summed E-state index contributed by atoms with van der Waals surface area (Å²) in [7, 11) is 0. The van der Waals surface area contributed by atoms with Crippen LogP contribution in [0.4, 0.5) is 5.82 Å². The Morgan fingerprint density at radius 3 is 3.00 bits per heavy atom. The molecule has 0 amide bonds. The third-order valence-electron chi connectivity index (χ3n) is 2.05. The minimum atomic E-state index is 0.505. The van der Waals surface area contributed by atoms with Crippen LogP contribution in [0.25, 0.3) is 5.65 Å². The van der Waals surface area contributed by atoms with Crippen LogP contribution in [0, 0.1) is 0 Å². The number of hydrogen-bond donors (Lipinski definition) is 1. The van der Waals surface area contributed by atoms with Gasteiger partial charge in [0.25, 0.3) is 0 Å². The average Bonchev–Trinajstić information content (AvgIpc) is 2.65. The highest BCUT2D eigenvalue weighted by molar-refractivity contribution is 8.00. The van der Waals surface area contributed by atoms with Crippen molar-refractivity contribution in [1.29, 1.82) is 0 Å². The first-order valence-corrected chi connectivity index (χ1v) is 6.33. The van der Waals surface area contributed by atoms with Gasteiger partial charge in [0.15, 0.2) is 5.65 Å². The van der Waals surface area contributed by atoms with E-state index in [1.807, 2.05) is 16.8 Å². The van der Waals surface area contributed by atoms with Crippen molar-refractivity contribution in [2.75, 3.05) is 11.9 Å². The number of fused-ring (bicyclic) bond motifs is 1. The summed E-state index contributed by atoms with van der Waals surface area (Å²) in [5.74, 6) is 0.899. The number of nitrogens with zero attached hydrogens (tertiary/aromatic N) is 3. The lowest BCUT2D eigenvalue weighted by atomic mass is 10.6. The van der Waals surface area contributed by atoms with Gasteiger partial charge in [0.2, 0.25) is 0 Å². The van der Waals surface area contributed by atoms with Crippen LogP contribution < -0.4 is 5.32 Å². The predicted molar refractivity (Wildman–Crippen MR) is 68.1 cm³/mol. The summed E-state index contributed by atoms with van der Waals surface area (Å²) in [6.07, 6.45) is 5.72. The van der Waals surface area contributed by atoms with Crippen molar-refractivity contribution in [1.82, 2.24) is 14.4 Å². The fraction of sp³-hybridized carbons (Fsp3) is 0.455. The zero-order chi connectivity index (χ0) is 11.5. The van der Waals surface area contributed by atoms with Gasteiger partial charge in [0, 0.05) is 24.2 Å². The SMILES string of the molecule is CCNc1cn2ccnc2c(SC(C)C)n1. The molecular weight excluding hydrogens is 220 g/mol. The summed E-state index contributed by atoms with van der Waals surface area (Å²) in [5.41, 5.74) is 0.931. The number of rotatable bonds is 4. The molecule has 0 fully saturated rings. The van der Waals surface area contributed by atoms with Crippen LogP contribution in [0.2, 0.25) is 0 Å². The molecule has 0 aromatic carbocycles. The minimum absolute atomic E-state index is 0.505. The normalized spacial score (nSPS) is 11.2. The summed E-state index contributed by atoms with van der Waals surface area (Å²) in [4.78, 5) is 8.90. The molecule has 16 heavy (non-hydrogen) atoms. The van der Waals surface area contributed by atoms with Gasteiger partial charge in [-0.25, -0.2) is 9.97 Å². The van der Waals surface area contributed by atoms with E-state index in [9.17, 15) is 0 Å². The van der Waals surface area contributed by atoms with Gasteiger partial charge in [-0.15, -0.1) is 0 Å². The van der Waals surface area contributed by atoms with E-state index in [1.54, 1.807) is 18.0 Å². The Hall–Kier alpha value is -1.23. The van der Waals surface area contributed by atoms with E-state index < -0.39 is 0 Å². The monoisotopic (exact) mass is 236 g/mol. The van der Waals surface area contributed by atoms with Gasteiger partial charge in [-0.1, -0.05) is 25.6 Å². The van der Waals surface area contributed by atoms with Gasteiger partial charge in [-0.05, 0) is 6.92 Å². The number of imidazole rings is 1. The molecule has 0 aliphatic rings. The first-order chi connectivity index (χ1) is 7.70. The van der Waals surface area contributed by atoms with E-state index in [2.05, 4.69) is 36.1 Å². The molecule has 0 bridgehead atoms. The highest BCUT2D eigenvalue weighted by Gasteiger charge is 2.09. The second kappa shape index (κ2) is 4.74. The van der Waals surface area contributed by atoms with Gasteiger partial charge >= 0.3 is 0 Å². The van der Waals surface area contributed by atoms with Gasteiger partial charge < -0.3 is 9.72 Å². The molecule has 0 radical (unpaired) electrons. The first kappa shape index (κ1) is 11.3. The van der Waals surface area contributed by atoms with Crippen molar-refractivity contribution < 1.29 is 0 Å². The molecule has 2 aromatic rings. The van der Waals surface area contributed by atoms with Gasteiger partial charge in [-0.3, -0.25) is 0 Å². The molecule has 0 unspecified atom stereocenters. The molecule has 0 saturated heterocycles. The number of thioether (sulfide) groups is 1. The molecule has 5 heteroatoms. The van der Waals surface area contributed by atoms with Crippen molar-refractivity contribution in [2.24, 2.45) is 0 Å². The summed E-state index contributed by atoms with van der Waals surface area (Å²) in [6, 6.07) is 0. The van der Waals surface area contributed by atoms with Crippen LogP contribution in [-0.2, 0) is 0 Å². The Labute approximate surface area is 99.5 Å². The number of anilines is 1. The van der Waals surface area contributed by atoms with Gasteiger partial charge in [0.05, 0.1) is 6.20 Å². The second-order valence-corrected chi connectivity index (χ2v) is 5.35. The Bertz CT molecular complexity index is 478. The van der Waals surface area contributed by atoms with Crippen molar-refractivity contribution in [3.05, 3.63) is 18.6 Å². The molecule has 0 aliphatic heterocycles. The van der Waals surface area contributed by atoms with Crippen molar-refractivity contribution in [3.8, 4) is 0 Å². The maximum atomic E-state index is 4.57. The minimum Gasteiger partial charge on any atom is -0.369 e. The molecule has 0 atom stereocenters. The maximum Gasteiger partial charge on any atom is 0.169 e. The van der Waals surface area contributed by atoms with E-state index in [1.165, 1.54) is 0 Å². The fourth-order valence-corrected chi connectivity index (χ4v) is 2.33. The standard InChI is InChI=1S/C11H16N4S/c1-4-12-9-7-15-6-5-13-10(15)11(14-9)16-8(2)3/h5-8,12H,4H2,1-3H3. The van der Waals surface area contributed by atoms with Crippen LogP contribution in [-0.4, -0.2) is 26.2 Å². The van der Waals surface area contributed by atoms with Crippen molar-refractivity contribution >= 4 is 23.2 Å². The number of nitrogens with one attached hydrogen (secondary N) is 1. The average molecular weight is 236 g/mol. The molecular formula is C11H16N4S. The largest absolute Gasteiger partial charge is 0.369 e. The molecule has 86 valence electrons. The molecule has 0 aliphatic carbocycles. The Morgan fingerprint density at radius 1 is 1.50 bits per heavy atom. The van der Waals surface area contributed by atoms with Gasteiger partial charge in [-0.2, -0.15) is 0 Å². The third kappa shape index (κ3) is 2.29. The molecule has 2 aromatic heterocycles. The molecule has 2 heterocycles. The lowest BCUT2D eigenvalue weighted by molar-refractivity contribution is 1.00. The van der Waals surface area contributed by atoms with E-state index >= 15 is 0 Å². The van der Waals surface area contributed by atoms with E-state index in [0.717, 1.165) is 23.0 Å². The Balaban J connectivity index is 2.46. The lowest BCUT2D eigenvalue weighted by Crippen LogP contribution is -2.03. The second-order valence-electron chi connectivity index (χ2n) is 3.79. The molecule has 0 spiro atoms. The van der Waals surface area contributed by atoms with E-state index in [0.29, 0.717) is 5.25 Å². The van der Waals surface area contributed by atoms with E-state index in [-0.39, 0.29) is 0 Å². The van der Waals surface area contributed by atoms with Crippen LogP contribution >= 0.6 is 11.8 Å². The summed E-state index contributed by atoms with van der Waals surface area (Å²) in [5, 5.41) is 4.72. The first-order valence-electron chi connectivity index (χ1n) is 5.45. The summed E-state index contributed by atoms with van der Waals surface area (Å²) < 4.78 is 2.01. The fourth-order valence-electron chi connectivity index (χ4n) is 1.47. The zero-order valence-corrected chi connectivity index (χ0v) is 10.6. The Kier molecular flexibility index (Phi) is 3.33. The lowest BCUT2D eigenvalue weighted by Gasteiger charge is -2.09. The maximum absolute atomic E-state index is 4.57. The van der Waals surface area contributed by atoms with E-state index in [4.69, 9.17) is 0 Å². The van der Waals surface area contributed by atoms with Crippen molar-refractivity contribution in [2.45, 2.75) is 31.0 Å². The highest BCUT2D eigenvalue weighted by atomic mass is 32.2. The summed E-state index contributed by atoms with van der Waals surface area (Å²) >= 11 is 1.74. The smallest absolute Gasteiger partial charge is 0.169 e. The topological polar surface area (TPSA) is 42.2 Å². The third-order valence-corrected chi connectivity index (χ3v) is 3.02.